The molecule has 0 heterocycles. The first-order chi connectivity index (χ1) is 11.8. The lowest BCUT2D eigenvalue weighted by Gasteiger charge is -2.22. The summed E-state index contributed by atoms with van der Waals surface area (Å²) in [5.74, 6) is -0.442. The first-order valence-corrected chi connectivity index (χ1v) is 8.60. The lowest BCUT2D eigenvalue weighted by Crippen LogP contribution is -2.49. The van der Waals surface area contributed by atoms with Gasteiger partial charge in [-0.15, -0.1) is 0 Å². The second kappa shape index (κ2) is 9.66. The van der Waals surface area contributed by atoms with Crippen molar-refractivity contribution in [1.29, 1.82) is 0 Å². The molecular formula is C18H28N4O3. The molecule has 25 heavy (non-hydrogen) atoms. The van der Waals surface area contributed by atoms with E-state index in [0.717, 1.165) is 6.42 Å². The summed E-state index contributed by atoms with van der Waals surface area (Å²) in [5, 5.41) is 5.23. The number of nitrogens with zero attached hydrogens (tertiary/aromatic N) is 1. The van der Waals surface area contributed by atoms with Gasteiger partial charge in [0.05, 0.1) is 0 Å². The number of nitrogens with two attached hydrogens (primary N) is 1. The highest BCUT2D eigenvalue weighted by Gasteiger charge is 2.25. The molecule has 0 fully saturated rings. The van der Waals surface area contributed by atoms with E-state index in [9.17, 15) is 14.4 Å². The van der Waals surface area contributed by atoms with Crippen LogP contribution in [0, 0.1) is 5.92 Å². The van der Waals surface area contributed by atoms with E-state index in [-0.39, 0.29) is 17.7 Å². The van der Waals surface area contributed by atoms with Crippen molar-refractivity contribution in [1.82, 2.24) is 10.2 Å². The Morgan fingerprint density at radius 1 is 1.08 bits per heavy atom. The highest BCUT2D eigenvalue weighted by atomic mass is 16.2. The maximum Gasteiger partial charge on any atom is 0.312 e. The predicted octanol–water partition coefficient (Wildman–Crippen LogP) is 2.19. The lowest BCUT2D eigenvalue weighted by atomic mass is 9.98. The third-order valence-corrected chi connectivity index (χ3v) is 4.24. The zero-order chi connectivity index (χ0) is 19.0. The van der Waals surface area contributed by atoms with E-state index in [2.05, 4.69) is 10.6 Å². The number of nitrogens with one attached hydrogen (secondary N) is 2. The van der Waals surface area contributed by atoms with Crippen molar-refractivity contribution in [2.75, 3.05) is 18.4 Å². The van der Waals surface area contributed by atoms with Crippen molar-refractivity contribution < 1.29 is 14.4 Å². The van der Waals surface area contributed by atoms with Gasteiger partial charge in [-0.2, -0.15) is 0 Å². The minimum absolute atomic E-state index is 0.0456. The van der Waals surface area contributed by atoms with E-state index in [1.165, 1.54) is 0 Å². The van der Waals surface area contributed by atoms with Crippen LogP contribution < -0.4 is 16.4 Å². The van der Waals surface area contributed by atoms with E-state index in [0.29, 0.717) is 24.3 Å². The topological polar surface area (TPSA) is 105 Å². The van der Waals surface area contributed by atoms with Crippen LogP contribution in [0.25, 0.3) is 0 Å². The molecule has 4 amide bonds. The monoisotopic (exact) mass is 348 g/mol. The number of carbonyl (C=O) groups excluding carboxylic acids is 3. The number of primary amides is 1. The van der Waals surface area contributed by atoms with E-state index >= 15 is 0 Å². The molecular weight excluding hydrogens is 320 g/mol. The van der Waals surface area contributed by atoms with Gasteiger partial charge in [-0.3, -0.25) is 9.59 Å². The first-order valence-electron chi connectivity index (χ1n) is 8.60. The zero-order valence-corrected chi connectivity index (χ0v) is 15.3. The van der Waals surface area contributed by atoms with Gasteiger partial charge in [0.25, 0.3) is 5.91 Å². The molecule has 1 aromatic rings. The van der Waals surface area contributed by atoms with E-state index in [1.807, 2.05) is 27.7 Å². The minimum atomic E-state index is -0.736. The molecule has 0 aromatic heterocycles. The maximum atomic E-state index is 12.4. The van der Waals surface area contributed by atoms with Crippen molar-refractivity contribution in [2.45, 2.75) is 40.2 Å². The van der Waals surface area contributed by atoms with Gasteiger partial charge in [0.2, 0.25) is 5.91 Å². The summed E-state index contributed by atoms with van der Waals surface area (Å²) in [7, 11) is 0. The SMILES string of the molecule is CC[C@H](C)[C@H](NC(N)=O)C(=O)Nc1ccc(C(=O)N(CC)CC)cc1. The molecule has 0 aliphatic rings. The average molecular weight is 348 g/mol. The Labute approximate surface area is 148 Å². The number of anilines is 1. The van der Waals surface area contributed by atoms with Crippen molar-refractivity contribution in [3.63, 3.8) is 0 Å². The number of rotatable bonds is 8. The van der Waals surface area contributed by atoms with Gasteiger partial charge in [0, 0.05) is 24.3 Å². The first kappa shape index (κ1) is 20.5. The predicted molar refractivity (Wildman–Crippen MR) is 98.3 cm³/mol. The zero-order valence-electron chi connectivity index (χ0n) is 15.3. The van der Waals surface area contributed by atoms with Gasteiger partial charge in [-0.05, 0) is 44.0 Å². The van der Waals surface area contributed by atoms with Crippen molar-refractivity contribution in [2.24, 2.45) is 11.7 Å². The Morgan fingerprint density at radius 2 is 1.64 bits per heavy atom. The standard InChI is InChI=1S/C18H28N4O3/c1-5-12(4)15(21-18(19)25)16(23)20-14-10-8-13(9-11-14)17(24)22(6-2)7-3/h8-12,15H,5-7H2,1-4H3,(H,20,23)(H3,19,21,25)/t12-,15-/m0/s1. The quantitative estimate of drug-likeness (QED) is 0.670. The highest BCUT2D eigenvalue weighted by molar-refractivity contribution is 5.98. The Morgan fingerprint density at radius 3 is 2.08 bits per heavy atom. The van der Waals surface area contributed by atoms with Gasteiger partial charge < -0.3 is 21.3 Å². The van der Waals surface area contributed by atoms with Crippen LogP contribution in [0.5, 0.6) is 0 Å². The second-order valence-corrected chi connectivity index (χ2v) is 5.92. The lowest BCUT2D eigenvalue weighted by molar-refractivity contribution is -0.119. The van der Waals surface area contributed by atoms with Crippen molar-refractivity contribution >= 4 is 23.5 Å². The summed E-state index contributed by atoms with van der Waals surface area (Å²) in [4.78, 5) is 37.5. The number of hydrogen-bond acceptors (Lipinski definition) is 3. The van der Waals surface area contributed by atoms with Gasteiger partial charge in [0.15, 0.2) is 0 Å². The summed E-state index contributed by atoms with van der Waals surface area (Å²) in [5.41, 5.74) is 6.27. The number of benzene rings is 1. The normalized spacial score (nSPS) is 12.8. The molecule has 0 aliphatic carbocycles. The van der Waals surface area contributed by atoms with Crippen LogP contribution in [0.3, 0.4) is 0 Å². The smallest absolute Gasteiger partial charge is 0.312 e. The Bertz CT molecular complexity index is 597. The third kappa shape index (κ3) is 5.77. The molecule has 138 valence electrons. The van der Waals surface area contributed by atoms with Crippen molar-refractivity contribution in [3.8, 4) is 0 Å². The van der Waals surface area contributed by atoms with Crippen molar-refractivity contribution in [3.05, 3.63) is 29.8 Å². The minimum Gasteiger partial charge on any atom is -0.352 e. The molecule has 2 atom stereocenters. The summed E-state index contributed by atoms with van der Waals surface area (Å²) in [6.45, 7) is 8.94. The molecule has 0 saturated heterocycles. The van der Waals surface area contributed by atoms with Gasteiger partial charge in [0.1, 0.15) is 6.04 Å². The summed E-state index contributed by atoms with van der Waals surface area (Å²) in [6.07, 6.45) is 0.718. The molecule has 1 aromatic carbocycles. The van der Waals surface area contributed by atoms with Gasteiger partial charge in [-0.25, -0.2) is 4.79 Å². The molecule has 7 heteroatoms. The number of carbonyl (C=O) groups is 3. The number of hydrogen-bond donors (Lipinski definition) is 3. The van der Waals surface area contributed by atoms with Crippen LogP contribution in [-0.4, -0.2) is 41.9 Å². The maximum absolute atomic E-state index is 12.4. The van der Waals surface area contributed by atoms with Crippen LogP contribution in [-0.2, 0) is 4.79 Å². The fourth-order valence-corrected chi connectivity index (χ4v) is 2.46. The van der Waals surface area contributed by atoms with Crippen LogP contribution >= 0.6 is 0 Å². The van der Waals surface area contributed by atoms with E-state index in [1.54, 1.807) is 29.2 Å². The fraction of sp³-hybridized carbons (Fsp3) is 0.500. The highest BCUT2D eigenvalue weighted by Crippen LogP contribution is 2.14. The van der Waals surface area contributed by atoms with Crippen LogP contribution in [0.1, 0.15) is 44.5 Å². The third-order valence-electron chi connectivity index (χ3n) is 4.24. The Hall–Kier alpha value is -2.57. The fourth-order valence-electron chi connectivity index (χ4n) is 2.46. The Kier molecular flexibility index (Phi) is 7.91. The average Bonchev–Trinajstić information content (AvgIpc) is 2.60. The van der Waals surface area contributed by atoms with Crippen LogP contribution in [0.2, 0.25) is 0 Å². The molecule has 7 nitrogen and oxygen atoms in total. The van der Waals surface area contributed by atoms with Crippen LogP contribution in [0.4, 0.5) is 10.5 Å². The molecule has 0 unspecified atom stereocenters. The summed E-state index contributed by atoms with van der Waals surface area (Å²) in [6, 6.07) is 5.26. The van der Waals surface area contributed by atoms with E-state index < -0.39 is 12.1 Å². The molecule has 0 radical (unpaired) electrons. The molecule has 4 N–H and O–H groups in total. The second-order valence-electron chi connectivity index (χ2n) is 5.92. The molecule has 0 bridgehead atoms. The summed E-state index contributed by atoms with van der Waals surface area (Å²) >= 11 is 0. The molecule has 0 aliphatic heterocycles. The molecule has 1 rings (SSSR count). The Balaban J connectivity index is 2.83. The molecule has 0 saturated carbocycles. The summed E-state index contributed by atoms with van der Waals surface area (Å²) < 4.78 is 0. The van der Waals surface area contributed by atoms with Crippen LogP contribution in [0.15, 0.2) is 24.3 Å². The number of amides is 4. The van der Waals surface area contributed by atoms with Gasteiger partial charge in [-0.1, -0.05) is 20.3 Å². The molecule has 0 spiro atoms. The largest absolute Gasteiger partial charge is 0.352 e. The number of urea groups is 1. The van der Waals surface area contributed by atoms with Gasteiger partial charge >= 0.3 is 6.03 Å². The van der Waals surface area contributed by atoms with E-state index in [4.69, 9.17) is 5.73 Å².